The Balaban J connectivity index is 3.41. The number of nitrogens with one attached hydrogen (secondary N) is 1. The van der Waals surface area contributed by atoms with Crippen LogP contribution in [0.1, 0.15) is 84.0 Å². The van der Waals surface area contributed by atoms with Gasteiger partial charge in [0.2, 0.25) is 0 Å². The number of hydrogen-bond acceptors (Lipinski definition) is 3. The van der Waals surface area contributed by atoms with E-state index >= 15 is 0 Å². The Hall–Kier alpha value is -0.120. The summed E-state index contributed by atoms with van der Waals surface area (Å²) in [4.78, 5) is 0. The van der Waals surface area contributed by atoms with Crippen molar-refractivity contribution < 1.29 is 10.2 Å². The molecule has 1 unspecified atom stereocenters. The molecule has 0 saturated heterocycles. The van der Waals surface area contributed by atoms with Crippen molar-refractivity contribution in [1.82, 2.24) is 5.32 Å². The van der Waals surface area contributed by atoms with Crippen molar-refractivity contribution in [2.24, 2.45) is 0 Å². The van der Waals surface area contributed by atoms with Crippen molar-refractivity contribution in [3.8, 4) is 0 Å². The van der Waals surface area contributed by atoms with Gasteiger partial charge in [-0.25, -0.2) is 0 Å². The quantitative estimate of drug-likeness (QED) is 0.403. The van der Waals surface area contributed by atoms with Gasteiger partial charge < -0.3 is 15.5 Å². The Morgan fingerprint density at radius 1 is 0.800 bits per heavy atom. The topological polar surface area (TPSA) is 52.5 Å². The lowest BCUT2D eigenvalue weighted by atomic mass is 9.92. The van der Waals surface area contributed by atoms with Crippen LogP contribution in [0, 0.1) is 0 Å². The molecule has 3 nitrogen and oxygen atoms in total. The maximum atomic E-state index is 10.3. The summed E-state index contributed by atoms with van der Waals surface area (Å²) in [5.74, 6) is 0. The first kappa shape index (κ1) is 19.9. The Bertz CT molecular complexity index is 191. The molecule has 122 valence electrons. The van der Waals surface area contributed by atoms with Gasteiger partial charge in [0.1, 0.15) is 0 Å². The van der Waals surface area contributed by atoms with Crippen LogP contribution in [0.2, 0.25) is 0 Å². The van der Waals surface area contributed by atoms with Crippen LogP contribution in [0.3, 0.4) is 0 Å². The van der Waals surface area contributed by atoms with E-state index in [-0.39, 0.29) is 6.61 Å². The van der Waals surface area contributed by atoms with Crippen LogP contribution in [-0.4, -0.2) is 36.0 Å². The van der Waals surface area contributed by atoms with Crippen LogP contribution in [0.25, 0.3) is 0 Å². The highest BCUT2D eigenvalue weighted by atomic mass is 16.3. The molecule has 0 heterocycles. The summed E-state index contributed by atoms with van der Waals surface area (Å²) in [6.45, 7) is 2.90. The van der Waals surface area contributed by atoms with Gasteiger partial charge >= 0.3 is 0 Å². The molecule has 0 aliphatic rings. The Labute approximate surface area is 126 Å². The third-order valence-electron chi connectivity index (χ3n) is 4.08. The SMILES string of the molecule is CCCCCCCCCCCCC(O)(CCO)CNC. The minimum absolute atomic E-state index is 0.0654. The highest BCUT2D eigenvalue weighted by Gasteiger charge is 2.24. The molecule has 3 N–H and O–H groups in total. The summed E-state index contributed by atoms with van der Waals surface area (Å²) in [6, 6.07) is 0. The molecule has 1 atom stereocenters. The molecule has 0 aromatic rings. The predicted octanol–water partition coefficient (Wildman–Crippen LogP) is 3.63. The van der Waals surface area contributed by atoms with E-state index in [0.29, 0.717) is 13.0 Å². The molecule has 0 aromatic heterocycles. The van der Waals surface area contributed by atoms with Gasteiger partial charge in [-0.05, 0) is 13.5 Å². The molecule has 0 bridgehead atoms. The van der Waals surface area contributed by atoms with E-state index in [1.54, 1.807) is 0 Å². The summed E-state index contributed by atoms with van der Waals surface area (Å²) >= 11 is 0. The van der Waals surface area contributed by atoms with Gasteiger partial charge in [0.25, 0.3) is 0 Å². The summed E-state index contributed by atoms with van der Waals surface area (Å²) in [7, 11) is 1.85. The molecule has 0 saturated carbocycles. The molecule has 0 aromatic carbocycles. The lowest BCUT2D eigenvalue weighted by molar-refractivity contribution is 0.00790. The van der Waals surface area contributed by atoms with Gasteiger partial charge in [-0.1, -0.05) is 71.1 Å². The first-order chi connectivity index (χ1) is 9.68. The summed E-state index contributed by atoms with van der Waals surface area (Å²) in [5.41, 5.74) is -0.719. The Morgan fingerprint density at radius 3 is 1.75 bits per heavy atom. The van der Waals surface area contributed by atoms with Crippen molar-refractivity contribution in [3.63, 3.8) is 0 Å². The van der Waals surface area contributed by atoms with E-state index in [1.807, 2.05) is 7.05 Å². The average Bonchev–Trinajstić information content (AvgIpc) is 2.41. The van der Waals surface area contributed by atoms with Crippen molar-refractivity contribution in [2.75, 3.05) is 20.2 Å². The number of rotatable bonds is 15. The van der Waals surface area contributed by atoms with Crippen LogP contribution in [0.4, 0.5) is 0 Å². The molecule has 0 rings (SSSR count). The van der Waals surface area contributed by atoms with Gasteiger partial charge in [-0.2, -0.15) is 0 Å². The van der Waals surface area contributed by atoms with Crippen LogP contribution in [0.15, 0.2) is 0 Å². The molecular formula is C17H37NO2. The lowest BCUT2D eigenvalue weighted by Crippen LogP contribution is -2.40. The van der Waals surface area contributed by atoms with Gasteiger partial charge in [-0.3, -0.25) is 0 Å². The second kappa shape index (κ2) is 13.8. The van der Waals surface area contributed by atoms with Crippen molar-refractivity contribution in [2.45, 2.75) is 89.6 Å². The molecule has 0 aliphatic heterocycles. The summed E-state index contributed by atoms with van der Waals surface area (Å²) in [6.07, 6.45) is 14.4. The molecule has 0 amide bonds. The largest absolute Gasteiger partial charge is 0.396 e. The fourth-order valence-corrected chi connectivity index (χ4v) is 2.78. The Kier molecular flexibility index (Phi) is 13.8. The minimum atomic E-state index is -0.719. The molecular weight excluding hydrogens is 250 g/mol. The lowest BCUT2D eigenvalue weighted by Gasteiger charge is -2.27. The Morgan fingerprint density at radius 2 is 1.30 bits per heavy atom. The number of unbranched alkanes of at least 4 members (excludes halogenated alkanes) is 9. The second-order valence-corrected chi connectivity index (χ2v) is 6.16. The fraction of sp³-hybridized carbons (Fsp3) is 1.00. The van der Waals surface area contributed by atoms with Crippen LogP contribution in [0.5, 0.6) is 0 Å². The van der Waals surface area contributed by atoms with Crippen LogP contribution < -0.4 is 5.32 Å². The number of hydrogen-bond donors (Lipinski definition) is 3. The predicted molar refractivity (Wildman–Crippen MR) is 87.0 cm³/mol. The van der Waals surface area contributed by atoms with Gasteiger partial charge in [0, 0.05) is 19.6 Å². The number of likely N-dealkylation sites (N-methyl/N-ethyl adjacent to an activating group) is 1. The number of aliphatic hydroxyl groups excluding tert-OH is 1. The van der Waals surface area contributed by atoms with E-state index in [0.717, 1.165) is 12.8 Å². The second-order valence-electron chi connectivity index (χ2n) is 6.16. The van der Waals surface area contributed by atoms with Gasteiger partial charge in [0.15, 0.2) is 0 Å². The highest BCUT2D eigenvalue weighted by Crippen LogP contribution is 2.19. The maximum absolute atomic E-state index is 10.3. The molecule has 0 spiro atoms. The third-order valence-corrected chi connectivity index (χ3v) is 4.08. The molecule has 3 heteroatoms. The summed E-state index contributed by atoms with van der Waals surface area (Å²) < 4.78 is 0. The zero-order valence-electron chi connectivity index (χ0n) is 13.8. The van der Waals surface area contributed by atoms with E-state index < -0.39 is 5.60 Å². The molecule has 20 heavy (non-hydrogen) atoms. The average molecular weight is 287 g/mol. The van der Waals surface area contributed by atoms with Crippen LogP contribution in [-0.2, 0) is 0 Å². The van der Waals surface area contributed by atoms with E-state index in [2.05, 4.69) is 12.2 Å². The fourth-order valence-electron chi connectivity index (χ4n) is 2.78. The minimum Gasteiger partial charge on any atom is -0.396 e. The molecule has 0 fully saturated rings. The van der Waals surface area contributed by atoms with E-state index in [9.17, 15) is 5.11 Å². The van der Waals surface area contributed by atoms with Crippen molar-refractivity contribution in [1.29, 1.82) is 0 Å². The summed E-state index contributed by atoms with van der Waals surface area (Å²) in [5, 5.41) is 22.3. The third kappa shape index (κ3) is 11.7. The van der Waals surface area contributed by atoms with E-state index in [4.69, 9.17) is 5.11 Å². The molecule has 0 aliphatic carbocycles. The van der Waals surface area contributed by atoms with Gasteiger partial charge in [-0.15, -0.1) is 0 Å². The van der Waals surface area contributed by atoms with Crippen LogP contribution >= 0.6 is 0 Å². The molecule has 0 radical (unpaired) electrons. The highest BCUT2D eigenvalue weighted by molar-refractivity contribution is 4.80. The standard InChI is InChI=1S/C17H37NO2/c1-3-4-5-6-7-8-9-10-11-12-13-17(20,14-15-19)16-18-2/h18-20H,3-16H2,1-2H3. The zero-order chi connectivity index (χ0) is 15.1. The smallest absolute Gasteiger partial charge is 0.0793 e. The first-order valence-electron chi connectivity index (χ1n) is 8.66. The van der Waals surface area contributed by atoms with Gasteiger partial charge in [0.05, 0.1) is 5.60 Å². The van der Waals surface area contributed by atoms with Crippen molar-refractivity contribution in [3.05, 3.63) is 0 Å². The maximum Gasteiger partial charge on any atom is 0.0793 e. The first-order valence-corrected chi connectivity index (χ1v) is 8.66. The normalized spacial score (nSPS) is 14.4. The van der Waals surface area contributed by atoms with E-state index in [1.165, 1.54) is 57.8 Å². The van der Waals surface area contributed by atoms with Crippen molar-refractivity contribution >= 4 is 0 Å². The zero-order valence-corrected chi connectivity index (χ0v) is 13.8. The number of aliphatic hydroxyl groups is 2. The monoisotopic (exact) mass is 287 g/mol.